The summed E-state index contributed by atoms with van der Waals surface area (Å²) in [5, 5.41) is 22.6. The second-order valence-corrected chi connectivity index (χ2v) is 4.83. The number of hydrogen-bond donors (Lipinski definition) is 1. The van der Waals surface area contributed by atoms with Crippen molar-refractivity contribution < 1.29 is 4.39 Å². The zero-order valence-corrected chi connectivity index (χ0v) is 12.4. The van der Waals surface area contributed by atoms with E-state index in [1.807, 2.05) is 30.3 Å². The van der Waals surface area contributed by atoms with Gasteiger partial charge in [-0.1, -0.05) is 42.5 Å². The van der Waals surface area contributed by atoms with Gasteiger partial charge in [0.05, 0.1) is 5.56 Å². The third kappa shape index (κ3) is 2.77. The molecule has 24 heavy (non-hydrogen) atoms. The number of nitrogens with one attached hydrogen (secondary N) is 1. The summed E-state index contributed by atoms with van der Waals surface area (Å²) in [7, 11) is 0. The Bertz CT molecular complexity index is 943. The molecule has 2 aromatic carbocycles. The van der Waals surface area contributed by atoms with Gasteiger partial charge in [-0.15, -0.1) is 0 Å². The number of amidine groups is 1. The number of benzene rings is 2. The Kier molecular flexibility index (Phi) is 4.13. The quantitative estimate of drug-likeness (QED) is 0.865. The lowest BCUT2D eigenvalue weighted by Gasteiger charge is -2.17. The number of halogens is 1. The highest BCUT2D eigenvalue weighted by Crippen LogP contribution is 2.20. The van der Waals surface area contributed by atoms with E-state index in [2.05, 4.69) is 15.5 Å². The van der Waals surface area contributed by atoms with Crippen molar-refractivity contribution in [3.8, 4) is 12.1 Å². The van der Waals surface area contributed by atoms with Gasteiger partial charge in [0.2, 0.25) is 0 Å². The number of nitrogens with zero attached hydrogens (tertiary/aromatic N) is 4. The number of aliphatic imine (C=N–C) groups is 1. The fourth-order valence-corrected chi connectivity index (χ4v) is 2.23. The summed E-state index contributed by atoms with van der Waals surface area (Å²) in [6.07, 6.45) is 0. The van der Waals surface area contributed by atoms with Crippen molar-refractivity contribution in [2.75, 3.05) is 0 Å². The molecule has 0 atom stereocenters. The lowest BCUT2D eigenvalue weighted by atomic mass is 10.0. The number of rotatable bonds is 2. The second kappa shape index (κ2) is 6.55. The van der Waals surface area contributed by atoms with Crippen molar-refractivity contribution in [2.24, 2.45) is 10.1 Å². The van der Waals surface area contributed by atoms with E-state index in [1.54, 1.807) is 30.3 Å². The lowest BCUT2D eigenvalue weighted by molar-refractivity contribution is 0.624. The third-order valence-electron chi connectivity index (χ3n) is 3.36. The number of hydrazone groups is 1. The SMILES string of the molecule is N#CC(C#N)=C1N=C(c2ccccc2F)NN=C1c1ccccc1. The molecule has 3 rings (SSSR count). The van der Waals surface area contributed by atoms with Gasteiger partial charge in [0, 0.05) is 5.56 Å². The normalized spacial score (nSPS) is 13.0. The molecule has 0 saturated heterocycles. The second-order valence-electron chi connectivity index (χ2n) is 4.83. The molecule has 0 radical (unpaired) electrons. The molecule has 0 amide bonds. The van der Waals surface area contributed by atoms with Crippen LogP contribution in [-0.4, -0.2) is 11.5 Å². The monoisotopic (exact) mass is 315 g/mol. The molecule has 0 bridgehead atoms. The van der Waals surface area contributed by atoms with E-state index in [4.69, 9.17) is 0 Å². The Labute approximate surface area is 137 Å². The minimum Gasteiger partial charge on any atom is -0.260 e. The fraction of sp³-hybridized carbons (Fsp3) is 0. The smallest absolute Gasteiger partial charge is 0.157 e. The van der Waals surface area contributed by atoms with Crippen LogP contribution < -0.4 is 5.43 Å². The van der Waals surface area contributed by atoms with Crippen LogP contribution in [0.15, 0.2) is 76.0 Å². The Morgan fingerprint density at radius 3 is 2.29 bits per heavy atom. The minimum atomic E-state index is -0.475. The van der Waals surface area contributed by atoms with Crippen LogP contribution in [0.2, 0.25) is 0 Å². The van der Waals surface area contributed by atoms with Crippen molar-refractivity contribution >= 4 is 11.5 Å². The van der Waals surface area contributed by atoms with E-state index in [9.17, 15) is 14.9 Å². The molecule has 0 spiro atoms. The van der Waals surface area contributed by atoms with Crippen LogP contribution in [0.3, 0.4) is 0 Å². The van der Waals surface area contributed by atoms with Crippen molar-refractivity contribution in [3.63, 3.8) is 0 Å². The largest absolute Gasteiger partial charge is 0.260 e. The van der Waals surface area contributed by atoms with Gasteiger partial charge in [-0.3, -0.25) is 5.43 Å². The molecule has 2 aromatic rings. The van der Waals surface area contributed by atoms with Gasteiger partial charge in [-0.25, -0.2) is 9.38 Å². The molecule has 0 aliphatic carbocycles. The molecular weight excluding hydrogens is 305 g/mol. The lowest BCUT2D eigenvalue weighted by Crippen LogP contribution is -2.28. The first-order valence-corrected chi connectivity index (χ1v) is 7.02. The summed E-state index contributed by atoms with van der Waals surface area (Å²) >= 11 is 0. The van der Waals surface area contributed by atoms with E-state index in [-0.39, 0.29) is 22.7 Å². The molecule has 1 aliphatic rings. The number of nitriles is 2. The Balaban J connectivity index is 2.15. The average Bonchev–Trinajstić information content (AvgIpc) is 2.64. The summed E-state index contributed by atoms with van der Waals surface area (Å²) in [6.45, 7) is 0. The summed E-state index contributed by atoms with van der Waals surface area (Å²) < 4.78 is 14.0. The first-order valence-electron chi connectivity index (χ1n) is 7.02. The topological polar surface area (TPSA) is 84.3 Å². The highest BCUT2D eigenvalue weighted by Gasteiger charge is 2.22. The van der Waals surface area contributed by atoms with Crippen molar-refractivity contribution in [1.82, 2.24) is 5.43 Å². The van der Waals surface area contributed by atoms with Crippen LogP contribution in [0.4, 0.5) is 4.39 Å². The van der Waals surface area contributed by atoms with E-state index < -0.39 is 5.82 Å². The zero-order valence-electron chi connectivity index (χ0n) is 12.4. The molecule has 0 unspecified atom stereocenters. The van der Waals surface area contributed by atoms with Crippen molar-refractivity contribution in [3.05, 3.63) is 82.8 Å². The molecule has 6 heteroatoms. The summed E-state index contributed by atoms with van der Waals surface area (Å²) in [6, 6.07) is 18.7. The third-order valence-corrected chi connectivity index (χ3v) is 3.36. The van der Waals surface area contributed by atoms with Crippen LogP contribution in [0.25, 0.3) is 0 Å². The van der Waals surface area contributed by atoms with Gasteiger partial charge in [0.15, 0.2) is 11.4 Å². The van der Waals surface area contributed by atoms with Gasteiger partial charge in [0.1, 0.15) is 29.4 Å². The van der Waals surface area contributed by atoms with Gasteiger partial charge in [0.25, 0.3) is 0 Å². The van der Waals surface area contributed by atoms with Crippen LogP contribution in [0, 0.1) is 28.5 Å². The van der Waals surface area contributed by atoms with Gasteiger partial charge >= 0.3 is 0 Å². The Hall–Kier alpha value is -3.77. The summed E-state index contributed by atoms with van der Waals surface area (Å²) in [4.78, 5) is 4.28. The van der Waals surface area contributed by atoms with Crippen LogP contribution >= 0.6 is 0 Å². The molecule has 0 fully saturated rings. The first-order chi connectivity index (χ1) is 11.7. The Morgan fingerprint density at radius 2 is 1.62 bits per heavy atom. The summed E-state index contributed by atoms with van der Waals surface area (Å²) in [5.74, 6) is -0.331. The minimum absolute atomic E-state index is 0.114. The van der Waals surface area contributed by atoms with Crippen LogP contribution in [0.5, 0.6) is 0 Å². The number of allylic oxidation sites excluding steroid dienone is 2. The molecule has 1 N–H and O–H groups in total. The van der Waals surface area contributed by atoms with Crippen molar-refractivity contribution in [2.45, 2.75) is 0 Å². The standard InChI is InChI=1S/C18H10FN5/c19-15-9-5-4-8-14(15)18-22-16(13(10-20)11-21)17(23-24-18)12-6-2-1-3-7-12/h1-9H,(H,22,24). The predicted octanol–water partition coefficient (Wildman–Crippen LogP) is 2.88. The predicted molar refractivity (Wildman–Crippen MR) is 87.3 cm³/mol. The van der Waals surface area contributed by atoms with Crippen LogP contribution in [-0.2, 0) is 0 Å². The maximum atomic E-state index is 14.0. The highest BCUT2D eigenvalue weighted by atomic mass is 19.1. The maximum Gasteiger partial charge on any atom is 0.157 e. The molecular formula is C18H10FN5. The zero-order chi connectivity index (χ0) is 16.9. The maximum absolute atomic E-state index is 14.0. The fourth-order valence-electron chi connectivity index (χ4n) is 2.23. The molecule has 0 saturated carbocycles. The average molecular weight is 315 g/mol. The highest BCUT2D eigenvalue weighted by molar-refractivity contribution is 6.17. The molecule has 114 valence electrons. The number of hydrogen-bond acceptors (Lipinski definition) is 5. The Morgan fingerprint density at radius 1 is 0.958 bits per heavy atom. The first kappa shape index (κ1) is 15.1. The van der Waals surface area contributed by atoms with E-state index in [0.717, 1.165) is 0 Å². The van der Waals surface area contributed by atoms with Crippen molar-refractivity contribution in [1.29, 1.82) is 10.5 Å². The molecule has 0 aromatic heterocycles. The van der Waals surface area contributed by atoms with Gasteiger partial charge in [-0.2, -0.15) is 15.6 Å². The van der Waals surface area contributed by atoms with Crippen LogP contribution in [0.1, 0.15) is 11.1 Å². The van der Waals surface area contributed by atoms with Gasteiger partial charge < -0.3 is 0 Å². The van der Waals surface area contributed by atoms with E-state index in [1.165, 1.54) is 6.07 Å². The van der Waals surface area contributed by atoms with E-state index in [0.29, 0.717) is 11.3 Å². The molecule has 5 nitrogen and oxygen atoms in total. The summed E-state index contributed by atoms with van der Waals surface area (Å²) in [5.41, 5.74) is 3.89. The molecule has 1 aliphatic heterocycles. The van der Waals surface area contributed by atoms with Gasteiger partial charge in [-0.05, 0) is 12.1 Å². The van der Waals surface area contributed by atoms with E-state index >= 15 is 0 Å². The molecule has 1 heterocycles.